The average molecular weight is 431 g/mol. The van der Waals surface area contributed by atoms with Crippen molar-refractivity contribution >= 4 is 23.6 Å². The van der Waals surface area contributed by atoms with Gasteiger partial charge in [-0.05, 0) is 56.6 Å². The van der Waals surface area contributed by atoms with Crippen LogP contribution in [-0.2, 0) is 9.59 Å². The number of carbonyl (C=O) groups excluding carboxylic acids is 3. The minimum absolute atomic E-state index is 0.0392. The van der Waals surface area contributed by atoms with Crippen LogP contribution in [0.5, 0.6) is 5.75 Å². The van der Waals surface area contributed by atoms with Gasteiger partial charge in [0.1, 0.15) is 5.75 Å². The van der Waals surface area contributed by atoms with Crippen molar-refractivity contribution in [2.24, 2.45) is 16.8 Å². The number of ether oxygens (including phenoxy) is 1. The number of nitrogens with two attached hydrogens (primary N) is 1. The second kappa shape index (κ2) is 10.4. The van der Waals surface area contributed by atoms with E-state index in [0.717, 1.165) is 5.75 Å². The van der Waals surface area contributed by atoms with Crippen LogP contribution in [0.1, 0.15) is 29.6 Å². The molecule has 0 radical (unpaired) electrons. The Kier molecular flexibility index (Phi) is 7.59. The number of nitrogens with zero attached hydrogens (tertiary/aromatic N) is 3. The molecular weight excluding hydrogens is 400 g/mol. The Morgan fingerprint density at radius 3 is 2.42 bits per heavy atom. The SMILES string of the molecule is CN=C(NN)NC(=O)CN1CCC(N2CCC(C(=O)c3ccc(OC)cc3)CC2)C1=O. The largest absolute Gasteiger partial charge is 0.497 e. The van der Waals surface area contributed by atoms with Gasteiger partial charge in [0.15, 0.2) is 5.78 Å². The van der Waals surface area contributed by atoms with E-state index in [4.69, 9.17) is 10.6 Å². The predicted octanol–water partition coefficient (Wildman–Crippen LogP) is -0.244. The van der Waals surface area contributed by atoms with Crippen LogP contribution in [0.15, 0.2) is 29.3 Å². The van der Waals surface area contributed by atoms with Crippen molar-refractivity contribution in [3.8, 4) is 5.75 Å². The number of guanidine groups is 1. The van der Waals surface area contributed by atoms with Gasteiger partial charge in [-0.2, -0.15) is 0 Å². The van der Waals surface area contributed by atoms with Gasteiger partial charge in [-0.15, -0.1) is 0 Å². The molecule has 0 aromatic heterocycles. The molecule has 2 saturated heterocycles. The summed E-state index contributed by atoms with van der Waals surface area (Å²) in [5, 5.41) is 2.52. The molecule has 4 N–H and O–H groups in total. The number of likely N-dealkylation sites (tertiary alicyclic amines) is 2. The fourth-order valence-corrected chi connectivity index (χ4v) is 4.18. The first kappa shape index (κ1) is 22.7. The Bertz CT molecular complexity index is 833. The second-order valence-corrected chi connectivity index (χ2v) is 7.73. The Labute approximate surface area is 181 Å². The van der Waals surface area contributed by atoms with Gasteiger partial charge in [0.25, 0.3) is 0 Å². The fraction of sp³-hybridized carbons (Fsp3) is 0.524. The van der Waals surface area contributed by atoms with E-state index in [9.17, 15) is 14.4 Å². The van der Waals surface area contributed by atoms with Crippen LogP contribution < -0.4 is 21.3 Å². The van der Waals surface area contributed by atoms with E-state index in [1.165, 1.54) is 7.05 Å². The molecule has 2 heterocycles. The number of methoxy groups -OCH3 is 1. The van der Waals surface area contributed by atoms with Crippen LogP contribution in [-0.4, -0.2) is 79.7 Å². The molecule has 0 aliphatic carbocycles. The van der Waals surface area contributed by atoms with Gasteiger partial charge in [-0.3, -0.25) is 35.0 Å². The van der Waals surface area contributed by atoms with Gasteiger partial charge in [0.05, 0.1) is 19.7 Å². The highest BCUT2D eigenvalue weighted by atomic mass is 16.5. The standard InChI is InChI=1S/C21H30N6O4/c1-23-21(25-22)24-18(28)13-27-12-9-17(20(27)30)26-10-7-15(8-11-26)19(29)14-3-5-16(31-2)6-4-14/h3-6,15,17H,7-13,22H2,1-2H3,(H2,23,24,25,28). The molecule has 1 aromatic carbocycles. The zero-order chi connectivity index (χ0) is 22.4. The Balaban J connectivity index is 1.50. The summed E-state index contributed by atoms with van der Waals surface area (Å²) in [5.41, 5.74) is 2.97. The minimum Gasteiger partial charge on any atom is -0.497 e. The summed E-state index contributed by atoms with van der Waals surface area (Å²) in [7, 11) is 3.09. The third-order valence-corrected chi connectivity index (χ3v) is 5.94. The number of Topliss-reactive ketones (excluding diaryl/α,β-unsaturated/α-hetero) is 1. The van der Waals surface area contributed by atoms with Crippen LogP contribution in [0.3, 0.4) is 0 Å². The van der Waals surface area contributed by atoms with Crippen molar-refractivity contribution in [2.75, 3.05) is 40.3 Å². The van der Waals surface area contributed by atoms with Crippen LogP contribution in [0.25, 0.3) is 0 Å². The molecular formula is C21H30N6O4. The summed E-state index contributed by atoms with van der Waals surface area (Å²) >= 11 is 0. The average Bonchev–Trinajstić information content (AvgIpc) is 3.16. The third kappa shape index (κ3) is 5.39. The first-order chi connectivity index (χ1) is 15.0. The maximum atomic E-state index is 12.8. The molecule has 2 amide bonds. The van der Waals surface area contributed by atoms with Gasteiger partial charge in [-0.1, -0.05) is 0 Å². The van der Waals surface area contributed by atoms with Crippen molar-refractivity contribution in [3.05, 3.63) is 29.8 Å². The molecule has 168 valence electrons. The lowest BCUT2D eigenvalue weighted by atomic mass is 9.88. The summed E-state index contributed by atoms with van der Waals surface area (Å²) < 4.78 is 5.14. The number of carbonyl (C=O) groups is 3. The van der Waals surface area contributed by atoms with E-state index in [1.54, 1.807) is 36.3 Å². The zero-order valence-electron chi connectivity index (χ0n) is 18.0. The first-order valence-electron chi connectivity index (χ1n) is 10.4. The maximum Gasteiger partial charge on any atom is 0.246 e. The number of amides is 2. The number of aliphatic imine (C=N–C) groups is 1. The predicted molar refractivity (Wildman–Crippen MR) is 115 cm³/mol. The Morgan fingerprint density at radius 2 is 1.84 bits per heavy atom. The van der Waals surface area contributed by atoms with Crippen molar-refractivity contribution in [2.45, 2.75) is 25.3 Å². The van der Waals surface area contributed by atoms with E-state index < -0.39 is 0 Å². The molecule has 1 unspecified atom stereocenters. The number of hydrogen-bond donors (Lipinski definition) is 3. The number of rotatable bonds is 6. The quantitative estimate of drug-likeness (QED) is 0.187. The van der Waals surface area contributed by atoms with Crippen LogP contribution in [0.2, 0.25) is 0 Å². The summed E-state index contributed by atoms with van der Waals surface area (Å²) in [4.78, 5) is 45.2. The molecule has 2 fully saturated rings. The number of nitrogens with one attached hydrogen (secondary N) is 2. The highest BCUT2D eigenvalue weighted by molar-refractivity contribution is 5.99. The lowest BCUT2D eigenvalue weighted by Gasteiger charge is -2.34. The number of hydrogen-bond acceptors (Lipinski definition) is 7. The molecule has 10 nitrogen and oxygen atoms in total. The number of ketones is 1. The highest BCUT2D eigenvalue weighted by Crippen LogP contribution is 2.27. The molecule has 1 aromatic rings. The molecule has 2 aliphatic heterocycles. The Hall–Kier alpha value is -2.98. The second-order valence-electron chi connectivity index (χ2n) is 7.73. The maximum absolute atomic E-state index is 12.8. The normalized spacial score (nSPS) is 20.6. The number of benzene rings is 1. The van der Waals surface area contributed by atoms with Gasteiger partial charge in [0.2, 0.25) is 17.8 Å². The molecule has 0 saturated carbocycles. The summed E-state index contributed by atoms with van der Waals surface area (Å²) in [6, 6.07) is 6.95. The van der Waals surface area contributed by atoms with Crippen molar-refractivity contribution in [1.29, 1.82) is 0 Å². The van der Waals surface area contributed by atoms with Crippen LogP contribution in [0, 0.1) is 5.92 Å². The van der Waals surface area contributed by atoms with Crippen molar-refractivity contribution < 1.29 is 19.1 Å². The van der Waals surface area contributed by atoms with Crippen molar-refractivity contribution in [1.82, 2.24) is 20.5 Å². The van der Waals surface area contributed by atoms with Crippen LogP contribution in [0.4, 0.5) is 0 Å². The van der Waals surface area contributed by atoms with E-state index in [0.29, 0.717) is 44.5 Å². The minimum atomic E-state index is -0.351. The lowest BCUT2D eigenvalue weighted by Crippen LogP contribution is -2.50. The number of piperidine rings is 1. The summed E-state index contributed by atoms with van der Waals surface area (Å²) in [5.74, 6) is 5.83. The monoisotopic (exact) mass is 430 g/mol. The summed E-state index contributed by atoms with van der Waals surface area (Å²) in [6.45, 7) is 1.86. The Morgan fingerprint density at radius 1 is 1.16 bits per heavy atom. The first-order valence-corrected chi connectivity index (χ1v) is 10.4. The van der Waals surface area contributed by atoms with Gasteiger partial charge >= 0.3 is 0 Å². The number of hydrazine groups is 1. The summed E-state index contributed by atoms with van der Waals surface area (Å²) in [6.07, 6.45) is 2.11. The molecule has 3 rings (SSSR count). The van der Waals surface area contributed by atoms with Crippen molar-refractivity contribution in [3.63, 3.8) is 0 Å². The van der Waals surface area contributed by atoms with E-state index >= 15 is 0 Å². The third-order valence-electron chi connectivity index (χ3n) is 5.94. The van der Waals surface area contributed by atoms with Gasteiger partial charge in [0, 0.05) is 25.1 Å². The zero-order valence-corrected chi connectivity index (χ0v) is 18.0. The van der Waals surface area contributed by atoms with E-state index in [-0.39, 0.29) is 42.1 Å². The topological polar surface area (TPSA) is 129 Å². The molecule has 10 heteroatoms. The molecule has 0 spiro atoms. The molecule has 0 bridgehead atoms. The van der Waals surface area contributed by atoms with E-state index in [1.807, 2.05) is 0 Å². The van der Waals surface area contributed by atoms with Gasteiger partial charge in [-0.25, -0.2) is 5.84 Å². The smallest absolute Gasteiger partial charge is 0.246 e. The molecule has 1 atom stereocenters. The molecule has 31 heavy (non-hydrogen) atoms. The molecule has 2 aliphatic rings. The highest BCUT2D eigenvalue weighted by Gasteiger charge is 2.39. The lowest BCUT2D eigenvalue weighted by molar-refractivity contribution is -0.136. The fourth-order valence-electron chi connectivity index (χ4n) is 4.18. The van der Waals surface area contributed by atoms with Crippen LogP contribution >= 0.6 is 0 Å². The van der Waals surface area contributed by atoms with E-state index in [2.05, 4.69) is 20.6 Å². The van der Waals surface area contributed by atoms with Gasteiger partial charge < -0.3 is 9.64 Å².